The molecule has 20 heavy (non-hydrogen) atoms. The molecule has 4 nitrogen and oxygen atoms in total. The number of alkyl halides is 1. The summed E-state index contributed by atoms with van der Waals surface area (Å²) in [6.45, 7) is 1.96. The first-order valence-electron chi connectivity index (χ1n) is 6.93. The number of fused-ring (bicyclic) bond motifs is 1. The molecule has 108 valence electrons. The number of aromatic nitrogens is 2. The van der Waals surface area contributed by atoms with Gasteiger partial charge in [-0.2, -0.15) is 0 Å². The summed E-state index contributed by atoms with van der Waals surface area (Å²) in [6.07, 6.45) is 3.65. The van der Waals surface area contributed by atoms with E-state index in [9.17, 15) is 0 Å². The molecular weight excluding hydrogens is 276 g/mol. The highest BCUT2D eigenvalue weighted by Crippen LogP contribution is 2.40. The molecule has 0 bridgehead atoms. The largest absolute Gasteiger partial charge is 0.493 e. The van der Waals surface area contributed by atoms with Crippen LogP contribution in [0.3, 0.4) is 0 Å². The van der Waals surface area contributed by atoms with Crippen LogP contribution < -0.4 is 9.47 Å². The van der Waals surface area contributed by atoms with E-state index in [1.807, 2.05) is 19.1 Å². The second-order valence-corrected chi connectivity index (χ2v) is 5.89. The third-order valence-electron chi connectivity index (χ3n) is 4.02. The fourth-order valence-corrected chi connectivity index (χ4v) is 2.90. The summed E-state index contributed by atoms with van der Waals surface area (Å²) in [5, 5.41) is -0.111. The van der Waals surface area contributed by atoms with Gasteiger partial charge >= 0.3 is 0 Å². The summed E-state index contributed by atoms with van der Waals surface area (Å²) < 4.78 is 13.0. The average molecular weight is 295 g/mol. The molecular formula is C15H19ClN2O2. The third kappa shape index (κ3) is 2.03. The van der Waals surface area contributed by atoms with Crippen LogP contribution in [0, 0.1) is 0 Å². The first-order valence-corrected chi connectivity index (χ1v) is 7.37. The zero-order chi connectivity index (χ0) is 14.3. The maximum absolute atomic E-state index is 6.31. The van der Waals surface area contributed by atoms with E-state index in [-0.39, 0.29) is 5.38 Å². The van der Waals surface area contributed by atoms with Crippen molar-refractivity contribution in [2.75, 3.05) is 14.2 Å². The molecule has 1 aromatic carbocycles. The van der Waals surface area contributed by atoms with Crippen molar-refractivity contribution in [3.8, 4) is 11.5 Å². The quantitative estimate of drug-likeness (QED) is 0.797. The average Bonchev–Trinajstić information content (AvgIpc) is 2.74. The minimum atomic E-state index is -0.111. The number of ether oxygens (including phenoxy) is 2. The van der Waals surface area contributed by atoms with Crippen molar-refractivity contribution in [3.63, 3.8) is 0 Å². The van der Waals surface area contributed by atoms with Crippen LogP contribution >= 0.6 is 11.6 Å². The van der Waals surface area contributed by atoms with E-state index < -0.39 is 0 Å². The van der Waals surface area contributed by atoms with Crippen LogP contribution in [0.1, 0.15) is 43.4 Å². The standard InChI is InChI=1S/C15H19ClN2O2/c1-9(16)15-17-11-7-13(19-2)14(20-3)8-12(11)18(15)10-5-4-6-10/h7-10H,4-6H2,1-3H3. The van der Waals surface area contributed by atoms with Gasteiger partial charge in [-0.25, -0.2) is 4.98 Å². The minimum absolute atomic E-state index is 0.111. The molecule has 2 aromatic rings. The minimum Gasteiger partial charge on any atom is -0.493 e. The molecule has 5 heteroatoms. The van der Waals surface area contributed by atoms with Gasteiger partial charge in [-0.3, -0.25) is 0 Å². The number of benzene rings is 1. The lowest BCUT2D eigenvalue weighted by molar-refractivity contribution is 0.312. The number of imidazole rings is 1. The fraction of sp³-hybridized carbons (Fsp3) is 0.533. The lowest BCUT2D eigenvalue weighted by Crippen LogP contribution is -2.19. The Morgan fingerprint density at radius 2 is 1.90 bits per heavy atom. The van der Waals surface area contributed by atoms with Gasteiger partial charge in [-0.05, 0) is 26.2 Å². The van der Waals surface area contributed by atoms with Gasteiger partial charge in [-0.1, -0.05) is 0 Å². The molecule has 1 fully saturated rings. The summed E-state index contributed by atoms with van der Waals surface area (Å²) in [6, 6.07) is 4.43. The smallest absolute Gasteiger partial charge is 0.163 e. The Balaban J connectivity index is 2.23. The van der Waals surface area contributed by atoms with Gasteiger partial charge in [0.25, 0.3) is 0 Å². The first-order chi connectivity index (χ1) is 9.65. The number of hydrogen-bond donors (Lipinski definition) is 0. The number of methoxy groups -OCH3 is 2. The zero-order valence-corrected chi connectivity index (χ0v) is 12.8. The van der Waals surface area contributed by atoms with Crippen molar-refractivity contribution in [1.29, 1.82) is 0 Å². The molecule has 0 spiro atoms. The normalized spacial score (nSPS) is 17.0. The SMILES string of the molecule is COc1cc2nc(C(C)Cl)n(C3CCC3)c2cc1OC. The van der Waals surface area contributed by atoms with Crippen LogP contribution in [0.25, 0.3) is 11.0 Å². The van der Waals surface area contributed by atoms with Crippen LogP contribution in [0.5, 0.6) is 11.5 Å². The van der Waals surface area contributed by atoms with Crippen molar-refractivity contribution in [1.82, 2.24) is 9.55 Å². The van der Waals surface area contributed by atoms with E-state index in [1.54, 1.807) is 14.2 Å². The Kier molecular flexibility index (Phi) is 3.50. The number of nitrogens with zero attached hydrogens (tertiary/aromatic N) is 2. The van der Waals surface area contributed by atoms with E-state index in [0.29, 0.717) is 11.8 Å². The van der Waals surface area contributed by atoms with Gasteiger partial charge < -0.3 is 14.0 Å². The van der Waals surface area contributed by atoms with Gasteiger partial charge in [0, 0.05) is 18.2 Å². The van der Waals surface area contributed by atoms with Gasteiger partial charge in [0.1, 0.15) is 5.82 Å². The molecule has 1 aliphatic rings. The molecule has 0 saturated heterocycles. The lowest BCUT2D eigenvalue weighted by atomic mass is 9.92. The van der Waals surface area contributed by atoms with Crippen molar-refractivity contribution in [2.45, 2.75) is 37.6 Å². The van der Waals surface area contributed by atoms with E-state index in [4.69, 9.17) is 26.1 Å². The first kappa shape index (κ1) is 13.6. The summed E-state index contributed by atoms with van der Waals surface area (Å²) in [5.41, 5.74) is 1.99. The molecule has 1 aliphatic carbocycles. The second kappa shape index (κ2) is 5.17. The lowest BCUT2D eigenvalue weighted by Gasteiger charge is -2.29. The van der Waals surface area contributed by atoms with Crippen LogP contribution in [0.4, 0.5) is 0 Å². The number of rotatable bonds is 4. The summed E-state index contributed by atoms with van der Waals surface area (Å²) in [7, 11) is 3.29. The maximum atomic E-state index is 6.31. The molecule has 0 N–H and O–H groups in total. The second-order valence-electron chi connectivity index (χ2n) is 5.24. The number of hydrogen-bond acceptors (Lipinski definition) is 3. The molecule has 1 unspecified atom stereocenters. The molecule has 1 aromatic heterocycles. The molecule has 1 atom stereocenters. The van der Waals surface area contributed by atoms with Crippen LogP contribution in [0.15, 0.2) is 12.1 Å². The Bertz CT molecular complexity index is 632. The van der Waals surface area contributed by atoms with Crippen LogP contribution in [0.2, 0.25) is 0 Å². The number of halogens is 1. The van der Waals surface area contributed by atoms with Gasteiger partial charge in [0.2, 0.25) is 0 Å². The molecule has 0 amide bonds. The van der Waals surface area contributed by atoms with Gasteiger partial charge in [0.05, 0.1) is 30.6 Å². The third-order valence-corrected chi connectivity index (χ3v) is 4.21. The molecule has 0 aliphatic heterocycles. The Labute approximate surface area is 123 Å². The van der Waals surface area contributed by atoms with E-state index in [2.05, 4.69) is 4.57 Å². The van der Waals surface area contributed by atoms with Crippen molar-refractivity contribution in [3.05, 3.63) is 18.0 Å². The highest BCUT2D eigenvalue weighted by atomic mass is 35.5. The predicted octanol–water partition coefficient (Wildman–Crippen LogP) is 4.08. The van der Waals surface area contributed by atoms with E-state index in [0.717, 1.165) is 22.6 Å². The highest BCUT2D eigenvalue weighted by molar-refractivity contribution is 6.20. The topological polar surface area (TPSA) is 36.3 Å². The maximum Gasteiger partial charge on any atom is 0.163 e. The van der Waals surface area contributed by atoms with E-state index in [1.165, 1.54) is 19.3 Å². The highest BCUT2D eigenvalue weighted by Gasteiger charge is 2.27. The molecule has 3 rings (SSSR count). The van der Waals surface area contributed by atoms with Crippen molar-refractivity contribution in [2.24, 2.45) is 0 Å². The fourth-order valence-electron chi connectivity index (χ4n) is 2.75. The Hall–Kier alpha value is -1.42. The molecule has 0 radical (unpaired) electrons. The Morgan fingerprint density at radius 3 is 2.40 bits per heavy atom. The predicted molar refractivity (Wildman–Crippen MR) is 80.0 cm³/mol. The summed E-state index contributed by atoms with van der Waals surface area (Å²) in [4.78, 5) is 4.69. The Morgan fingerprint density at radius 1 is 1.25 bits per heavy atom. The van der Waals surface area contributed by atoms with E-state index >= 15 is 0 Å². The van der Waals surface area contributed by atoms with Crippen molar-refractivity contribution < 1.29 is 9.47 Å². The monoisotopic (exact) mass is 294 g/mol. The van der Waals surface area contributed by atoms with Gasteiger partial charge in [-0.15, -0.1) is 11.6 Å². The summed E-state index contributed by atoms with van der Waals surface area (Å²) >= 11 is 6.31. The van der Waals surface area contributed by atoms with Gasteiger partial charge in [0.15, 0.2) is 11.5 Å². The summed E-state index contributed by atoms with van der Waals surface area (Å²) in [5.74, 6) is 2.36. The van der Waals surface area contributed by atoms with Crippen molar-refractivity contribution >= 4 is 22.6 Å². The van der Waals surface area contributed by atoms with Crippen LogP contribution in [-0.2, 0) is 0 Å². The molecule has 1 saturated carbocycles. The van der Waals surface area contributed by atoms with Crippen LogP contribution in [-0.4, -0.2) is 23.8 Å². The zero-order valence-electron chi connectivity index (χ0n) is 12.0. The molecule has 1 heterocycles.